The average Bonchev–Trinajstić information content (AvgIpc) is 3.09. The minimum absolute atomic E-state index is 0.175. The molecule has 0 bridgehead atoms. The number of nitrogens with zero attached hydrogens (tertiary/aromatic N) is 1. The van der Waals surface area contributed by atoms with Crippen molar-refractivity contribution in [1.82, 2.24) is 15.5 Å². The number of amides is 2. The monoisotopic (exact) mass is 276 g/mol. The third kappa shape index (κ3) is 3.47. The van der Waals surface area contributed by atoms with Crippen LogP contribution in [0.4, 0.5) is 5.82 Å². The van der Waals surface area contributed by atoms with Crippen LogP contribution >= 0.6 is 0 Å². The summed E-state index contributed by atoms with van der Waals surface area (Å²) in [5, 5.41) is 11.9. The largest absolute Gasteiger partial charge is 0.459 e. The van der Waals surface area contributed by atoms with E-state index in [0.29, 0.717) is 5.82 Å². The Kier molecular flexibility index (Phi) is 4.54. The van der Waals surface area contributed by atoms with Crippen LogP contribution < -0.4 is 10.6 Å². The fourth-order valence-corrected chi connectivity index (χ4v) is 1.67. The summed E-state index contributed by atoms with van der Waals surface area (Å²) in [6, 6.07) is 3.19. The number of aryl methyl sites for hydroxylation is 1. The fraction of sp³-hybridized carbons (Fsp3) is 0.308. The lowest BCUT2D eigenvalue weighted by Gasteiger charge is -2.05. The van der Waals surface area contributed by atoms with Gasteiger partial charge < -0.3 is 15.1 Å². The number of H-pyrrole nitrogens is 1. The van der Waals surface area contributed by atoms with Crippen molar-refractivity contribution in [3.8, 4) is 0 Å². The maximum Gasteiger partial charge on any atom is 0.286 e. The topological polar surface area (TPSA) is 100 Å². The Hall–Kier alpha value is -2.57. The van der Waals surface area contributed by atoms with Crippen LogP contribution in [0.3, 0.4) is 0 Å². The molecule has 2 aromatic heterocycles. The molecule has 0 saturated carbocycles. The molecule has 0 radical (unpaired) electrons. The number of aromatic nitrogens is 2. The number of anilines is 1. The van der Waals surface area contributed by atoms with Gasteiger partial charge in [-0.3, -0.25) is 14.7 Å². The number of hydrogen-bond donors (Lipinski definition) is 3. The maximum atomic E-state index is 11.7. The molecule has 2 rings (SSSR count). The minimum Gasteiger partial charge on any atom is -0.459 e. The molecule has 3 N–H and O–H groups in total. The van der Waals surface area contributed by atoms with E-state index in [1.54, 1.807) is 18.3 Å². The number of carbonyl (C=O) groups excluding carboxylic acids is 2. The first-order chi connectivity index (χ1) is 9.70. The second-order valence-corrected chi connectivity index (χ2v) is 4.16. The second kappa shape index (κ2) is 6.55. The van der Waals surface area contributed by atoms with E-state index in [1.165, 1.54) is 6.26 Å². The first-order valence-electron chi connectivity index (χ1n) is 6.34. The van der Waals surface area contributed by atoms with Gasteiger partial charge in [0, 0.05) is 18.5 Å². The lowest BCUT2D eigenvalue weighted by atomic mass is 10.2. The maximum absolute atomic E-state index is 11.7. The lowest BCUT2D eigenvalue weighted by Crippen LogP contribution is -2.27. The Morgan fingerprint density at radius 3 is 3.00 bits per heavy atom. The summed E-state index contributed by atoms with van der Waals surface area (Å²) in [4.78, 5) is 23.3. The molecule has 0 spiro atoms. The van der Waals surface area contributed by atoms with E-state index in [4.69, 9.17) is 4.42 Å². The summed E-state index contributed by atoms with van der Waals surface area (Å²) in [7, 11) is 0. The number of aromatic amines is 1. The average molecular weight is 276 g/mol. The summed E-state index contributed by atoms with van der Waals surface area (Å²) in [5.41, 5.74) is 0.943. The quantitative estimate of drug-likeness (QED) is 0.740. The molecule has 106 valence electrons. The summed E-state index contributed by atoms with van der Waals surface area (Å²) in [5.74, 6) is 0.310. The molecule has 0 saturated heterocycles. The first-order valence-corrected chi connectivity index (χ1v) is 6.34. The number of nitrogens with one attached hydrogen (secondary N) is 3. The fourth-order valence-electron chi connectivity index (χ4n) is 1.67. The van der Waals surface area contributed by atoms with Gasteiger partial charge in [0.05, 0.1) is 12.5 Å². The van der Waals surface area contributed by atoms with Crippen LogP contribution in [0.2, 0.25) is 0 Å². The summed E-state index contributed by atoms with van der Waals surface area (Å²) >= 11 is 0. The van der Waals surface area contributed by atoms with Gasteiger partial charge in [-0.15, -0.1) is 0 Å². The van der Waals surface area contributed by atoms with Crippen molar-refractivity contribution in [2.75, 3.05) is 11.9 Å². The van der Waals surface area contributed by atoms with E-state index < -0.39 is 0 Å². The Bertz CT molecular complexity index is 574. The molecule has 0 atom stereocenters. The number of hydrogen-bond acceptors (Lipinski definition) is 4. The van der Waals surface area contributed by atoms with Gasteiger partial charge in [0.15, 0.2) is 5.76 Å². The van der Waals surface area contributed by atoms with Crippen LogP contribution in [0.5, 0.6) is 0 Å². The molecule has 7 heteroatoms. The van der Waals surface area contributed by atoms with E-state index in [9.17, 15) is 9.59 Å². The minimum atomic E-state index is -0.335. The summed E-state index contributed by atoms with van der Waals surface area (Å²) < 4.78 is 4.94. The standard InChI is InChI=1S/C13H16N4O3/c1-2-9-8-15-17-12(9)16-11(18)5-6-14-13(19)10-4-3-7-20-10/h3-4,7-8H,2,5-6H2,1H3,(H,14,19)(H2,15,16,17,18). The van der Waals surface area contributed by atoms with Crippen LogP contribution in [0, 0.1) is 0 Å². The van der Waals surface area contributed by atoms with Crippen molar-refractivity contribution in [3.05, 3.63) is 35.9 Å². The number of carbonyl (C=O) groups is 2. The lowest BCUT2D eigenvalue weighted by molar-refractivity contribution is -0.116. The summed E-state index contributed by atoms with van der Waals surface area (Å²) in [6.07, 6.45) is 4.05. The van der Waals surface area contributed by atoms with Crippen molar-refractivity contribution in [2.45, 2.75) is 19.8 Å². The molecule has 0 aliphatic rings. The van der Waals surface area contributed by atoms with E-state index in [-0.39, 0.29) is 30.5 Å². The zero-order valence-electron chi connectivity index (χ0n) is 11.1. The molecule has 2 heterocycles. The predicted octanol–water partition coefficient (Wildman–Crippen LogP) is 1.32. The third-order valence-electron chi connectivity index (χ3n) is 2.75. The Labute approximate surface area is 115 Å². The van der Waals surface area contributed by atoms with E-state index in [1.807, 2.05) is 6.92 Å². The SMILES string of the molecule is CCc1cn[nH]c1NC(=O)CCNC(=O)c1ccco1. The van der Waals surface area contributed by atoms with Crippen molar-refractivity contribution in [1.29, 1.82) is 0 Å². The highest BCUT2D eigenvalue weighted by molar-refractivity contribution is 5.93. The van der Waals surface area contributed by atoms with Gasteiger partial charge in [-0.2, -0.15) is 5.10 Å². The van der Waals surface area contributed by atoms with Crippen LogP contribution in [0.15, 0.2) is 29.0 Å². The van der Waals surface area contributed by atoms with E-state index in [0.717, 1.165) is 12.0 Å². The molecule has 0 aliphatic heterocycles. The van der Waals surface area contributed by atoms with Crippen LogP contribution in [-0.2, 0) is 11.2 Å². The molecule has 2 aromatic rings. The van der Waals surface area contributed by atoms with Crippen LogP contribution in [0.1, 0.15) is 29.5 Å². The highest BCUT2D eigenvalue weighted by Crippen LogP contribution is 2.11. The van der Waals surface area contributed by atoms with Gasteiger partial charge in [0.1, 0.15) is 5.82 Å². The smallest absolute Gasteiger partial charge is 0.286 e. The van der Waals surface area contributed by atoms with Gasteiger partial charge >= 0.3 is 0 Å². The van der Waals surface area contributed by atoms with Gasteiger partial charge in [-0.05, 0) is 18.6 Å². The van der Waals surface area contributed by atoms with Gasteiger partial charge in [-0.1, -0.05) is 6.92 Å². The third-order valence-corrected chi connectivity index (χ3v) is 2.75. The Balaban J connectivity index is 1.74. The van der Waals surface area contributed by atoms with Crippen molar-refractivity contribution >= 4 is 17.6 Å². The molecule has 0 unspecified atom stereocenters. The molecule has 2 amide bonds. The van der Waals surface area contributed by atoms with Gasteiger partial charge in [-0.25, -0.2) is 0 Å². The molecule has 0 aromatic carbocycles. The normalized spacial score (nSPS) is 10.2. The highest BCUT2D eigenvalue weighted by atomic mass is 16.3. The second-order valence-electron chi connectivity index (χ2n) is 4.16. The highest BCUT2D eigenvalue weighted by Gasteiger charge is 2.10. The van der Waals surface area contributed by atoms with E-state index in [2.05, 4.69) is 20.8 Å². The zero-order valence-corrected chi connectivity index (χ0v) is 11.1. The molecule has 7 nitrogen and oxygen atoms in total. The van der Waals surface area contributed by atoms with Crippen molar-refractivity contribution in [3.63, 3.8) is 0 Å². The first kappa shape index (κ1) is 13.9. The Morgan fingerprint density at radius 1 is 1.45 bits per heavy atom. The van der Waals surface area contributed by atoms with Crippen LogP contribution in [0.25, 0.3) is 0 Å². The van der Waals surface area contributed by atoms with Crippen molar-refractivity contribution < 1.29 is 14.0 Å². The van der Waals surface area contributed by atoms with Gasteiger partial charge in [0.2, 0.25) is 5.91 Å². The zero-order chi connectivity index (χ0) is 14.4. The van der Waals surface area contributed by atoms with Crippen molar-refractivity contribution in [2.24, 2.45) is 0 Å². The predicted molar refractivity (Wildman–Crippen MR) is 72.3 cm³/mol. The van der Waals surface area contributed by atoms with E-state index >= 15 is 0 Å². The number of furan rings is 1. The number of rotatable bonds is 6. The summed E-state index contributed by atoms with van der Waals surface area (Å²) in [6.45, 7) is 2.21. The van der Waals surface area contributed by atoms with Gasteiger partial charge in [0.25, 0.3) is 5.91 Å². The molecular formula is C13H16N4O3. The molecule has 20 heavy (non-hydrogen) atoms. The molecular weight excluding hydrogens is 260 g/mol. The molecule has 0 aliphatic carbocycles. The molecule has 0 fully saturated rings. The van der Waals surface area contributed by atoms with Crippen LogP contribution in [-0.4, -0.2) is 28.6 Å². The Morgan fingerprint density at radius 2 is 2.30 bits per heavy atom.